The van der Waals surface area contributed by atoms with E-state index in [0.717, 1.165) is 72.5 Å². The fourth-order valence-corrected chi connectivity index (χ4v) is 6.33. The number of fused-ring (bicyclic) bond motifs is 1. The molecule has 47 heavy (non-hydrogen) atoms. The third-order valence-corrected chi connectivity index (χ3v) is 9.18. The number of allylic oxidation sites excluding steroid dienone is 6. The predicted molar refractivity (Wildman–Crippen MR) is 194 cm³/mol. The van der Waals surface area contributed by atoms with Crippen molar-refractivity contribution in [2.24, 2.45) is 5.92 Å². The summed E-state index contributed by atoms with van der Waals surface area (Å²) < 4.78 is 0. The van der Waals surface area contributed by atoms with Crippen molar-refractivity contribution >= 4 is 17.3 Å². The molecule has 1 heterocycles. The van der Waals surface area contributed by atoms with E-state index < -0.39 is 11.4 Å². The van der Waals surface area contributed by atoms with E-state index in [1.165, 1.54) is 19.3 Å². The van der Waals surface area contributed by atoms with E-state index in [1.54, 1.807) is 0 Å². The lowest BCUT2D eigenvalue weighted by Gasteiger charge is -2.33. The number of benzene rings is 2. The van der Waals surface area contributed by atoms with Gasteiger partial charge in [0.15, 0.2) is 0 Å². The highest BCUT2D eigenvalue weighted by Gasteiger charge is 2.32. The van der Waals surface area contributed by atoms with E-state index in [2.05, 4.69) is 64.3 Å². The number of rotatable bonds is 18. The number of aliphatic carboxylic acids is 1. The van der Waals surface area contributed by atoms with Crippen LogP contribution >= 0.6 is 0 Å². The molecule has 6 nitrogen and oxygen atoms in total. The first-order valence-corrected chi connectivity index (χ1v) is 17.1. The van der Waals surface area contributed by atoms with Gasteiger partial charge in [-0.05, 0) is 91.3 Å². The average Bonchev–Trinajstić information content (AvgIpc) is 3.35. The van der Waals surface area contributed by atoms with Gasteiger partial charge >= 0.3 is 5.97 Å². The summed E-state index contributed by atoms with van der Waals surface area (Å²) in [5, 5.41) is 29.3. The van der Waals surface area contributed by atoms with Gasteiger partial charge in [-0.15, -0.1) is 0 Å². The minimum absolute atomic E-state index is 0.00347. The second-order valence-corrected chi connectivity index (χ2v) is 13.2. The minimum atomic E-state index is -0.848. The molecule has 0 saturated heterocycles. The molecule has 0 fully saturated rings. The molecule has 0 aliphatic carbocycles. The molecule has 6 heteroatoms. The fraction of sp³-hybridized carbons (Fsp3) is 0.439. The number of hydrogen-bond acceptors (Lipinski definition) is 5. The Kier molecular flexibility index (Phi) is 14.1. The van der Waals surface area contributed by atoms with Crippen molar-refractivity contribution in [3.05, 3.63) is 107 Å². The van der Waals surface area contributed by atoms with Crippen LogP contribution in [0, 0.1) is 35.5 Å². The molecule has 1 aliphatic rings. The molecule has 2 aromatic carbocycles. The largest absolute Gasteiger partial charge is 0.481 e. The van der Waals surface area contributed by atoms with Crippen LogP contribution in [0.5, 0.6) is 0 Å². The van der Waals surface area contributed by atoms with Crippen molar-refractivity contribution in [2.75, 3.05) is 22.9 Å². The molecule has 1 atom stereocenters. The molecule has 3 rings (SSSR count). The van der Waals surface area contributed by atoms with E-state index in [4.69, 9.17) is 0 Å². The highest BCUT2D eigenvalue weighted by atomic mass is 16.4. The monoisotopic (exact) mass is 632 g/mol. The van der Waals surface area contributed by atoms with Crippen molar-refractivity contribution in [2.45, 2.75) is 97.8 Å². The van der Waals surface area contributed by atoms with Crippen LogP contribution < -0.4 is 9.80 Å². The van der Waals surface area contributed by atoms with Gasteiger partial charge in [0.25, 0.3) is 0 Å². The van der Waals surface area contributed by atoms with Gasteiger partial charge in [-0.3, -0.25) is 4.79 Å². The maximum Gasteiger partial charge on any atom is 0.305 e. The van der Waals surface area contributed by atoms with Gasteiger partial charge in [0.1, 0.15) is 5.82 Å². The van der Waals surface area contributed by atoms with Gasteiger partial charge < -0.3 is 14.9 Å². The number of carbonyl (C=O) groups is 1. The second-order valence-electron chi connectivity index (χ2n) is 13.2. The number of aryl methyl sites for hydroxylation is 1. The first kappa shape index (κ1) is 36.9. The number of nitrogens with zero attached hydrogens (tertiary/aromatic N) is 4. The number of unbranched alkanes of at least 4 members (excludes halogenated alkanes) is 4. The molecule has 248 valence electrons. The molecular weight excluding hydrogens is 580 g/mol. The standard InChI is InChI=1S/C41H52N4O2/c1-7-8-9-10-13-25-41(6,36-28-35(30-43)20-18-32(36)4)33(5)19-21-34(29-42)22-23-39-44(26-14-15-31(2)3)37-16-11-12-17-38(37)45(39)27-24-40(46)47/h11-12,16-23,28,31H,5,7-10,13-15,24-27H2,1-4,6H3,(H,46,47)/b21-19+,34-22-,39-23+. The number of hydrogen-bond donors (Lipinski definition) is 1. The summed E-state index contributed by atoms with van der Waals surface area (Å²) in [6, 6.07) is 18.6. The van der Waals surface area contributed by atoms with Gasteiger partial charge in [0.05, 0.1) is 41.1 Å². The van der Waals surface area contributed by atoms with Crippen LogP contribution in [0.3, 0.4) is 0 Å². The maximum absolute atomic E-state index is 11.6. The molecule has 0 aromatic heterocycles. The average molecular weight is 633 g/mol. The van der Waals surface area contributed by atoms with E-state index in [9.17, 15) is 20.4 Å². The van der Waals surface area contributed by atoms with Gasteiger partial charge in [0.2, 0.25) is 0 Å². The first-order valence-electron chi connectivity index (χ1n) is 17.1. The molecule has 1 N–H and O–H groups in total. The van der Waals surface area contributed by atoms with Gasteiger partial charge in [-0.1, -0.05) is 90.7 Å². The molecular formula is C41H52N4O2. The Labute approximate surface area is 283 Å². The number of nitriles is 2. The Morgan fingerprint density at radius 1 is 1.00 bits per heavy atom. The summed E-state index contributed by atoms with van der Waals surface area (Å²) in [7, 11) is 0. The maximum atomic E-state index is 11.6. The van der Waals surface area contributed by atoms with Crippen LogP contribution in [0.25, 0.3) is 0 Å². The molecule has 0 spiro atoms. The number of anilines is 2. The van der Waals surface area contributed by atoms with Crippen LogP contribution in [-0.2, 0) is 10.2 Å². The quantitative estimate of drug-likeness (QED) is 0.0999. The second kappa shape index (κ2) is 18.0. The van der Waals surface area contributed by atoms with Crippen LogP contribution in [0.4, 0.5) is 11.4 Å². The third kappa shape index (κ3) is 9.97. The van der Waals surface area contributed by atoms with Crippen LogP contribution in [-0.4, -0.2) is 24.2 Å². The molecule has 0 amide bonds. The lowest BCUT2D eigenvalue weighted by atomic mass is 9.70. The SMILES string of the molecule is C=C(/C=C/C(C#N)=C/C=C1\N(CCCC(C)C)c2ccccc2N1CCC(=O)O)C(C)(CCCCCCC)c1cc(C#N)ccc1C. The summed E-state index contributed by atoms with van der Waals surface area (Å²) in [6.07, 6.45) is 16.3. The van der Waals surface area contributed by atoms with Crippen molar-refractivity contribution in [1.82, 2.24) is 0 Å². The van der Waals surface area contributed by atoms with E-state index in [-0.39, 0.29) is 6.42 Å². The Morgan fingerprint density at radius 3 is 2.30 bits per heavy atom. The van der Waals surface area contributed by atoms with Crippen LogP contribution in [0.15, 0.2) is 90.3 Å². The molecule has 1 unspecified atom stereocenters. The zero-order chi connectivity index (χ0) is 34.4. The summed E-state index contributed by atoms with van der Waals surface area (Å²) in [4.78, 5) is 15.9. The third-order valence-electron chi connectivity index (χ3n) is 9.18. The van der Waals surface area contributed by atoms with Crippen molar-refractivity contribution in [3.63, 3.8) is 0 Å². The number of para-hydroxylation sites is 2. The molecule has 0 bridgehead atoms. The van der Waals surface area contributed by atoms with Gasteiger partial charge in [-0.25, -0.2) is 0 Å². The summed E-state index contributed by atoms with van der Waals surface area (Å²) >= 11 is 0. The zero-order valence-corrected chi connectivity index (χ0v) is 29.1. The Morgan fingerprint density at radius 2 is 1.68 bits per heavy atom. The Hall–Kier alpha value is -4.55. The van der Waals surface area contributed by atoms with E-state index in [1.807, 2.05) is 65.6 Å². The molecule has 0 radical (unpaired) electrons. The number of carboxylic acids is 1. The Balaban J connectivity index is 1.97. The highest BCUT2D eigenvalue weighted by molar-refractivity contribution is 5.83. The fourth-order valence-electron chi connectivity index (χ4n) is 6.33. The highest BCUT2D eigenvalue weighted by Crippen LogP contribution is 2.42. The zero-order valence-electron chi connectivity index (χ0n) is 29.1. The first-order chi connectivity index (χ1) is 22.5. The van der Waals surface area contributed by atoms with Gasteiger partial charge in [0, 0.05) is 18.5 Å². The van der Waals surface area contributed by atoms with Crippen molar-refractivity contribution in [3.8, 4) is 12.1 Å². The van der Waals surface area contributed by atoms with E-state index >= 15 is 0 Å². The Bertz CT molecular complexity index is 1570. The smallest absolute Gasteiger partial charge is 0.305 e. The predicted octanol–water partition coefficient (Wildman–Crippen LogP) is 10.1. The normalized spacial score (nSPS) is 15.1. The van der Waals surface area contributed by atoms with Crippen molar-refractivity contribution < 1.29 is 9.90 Å². The minimum Gasteiger partial charge on any atom is -0.481 e. The van der Waals surface area contributed by atoms with Gasteiger partial charge in [-0.2, -0.15) is 10.5 Å². The summed E-state index contributed by atoms with van der Waals surface area (Å²) in [5.41, 5.74) is 5.85. The molecule has 2 aromatic rings. The summed E-state index contributed by atoms with van der Waals surface area (Å²) in [5.74, 6) is 0.607. The van der Waals surface area contributed by atoms with Crippen LogP contribution in [0.1, 0.15) is 102 Å². The van der Waals surface area contributed by atoms with Crippen LogP contribution in [0.2, 0.25) is 0 Å². The molecule has 0 saturated carbocycles. The number of carboxylic acid groups (broad SMARTS) is 1. The topological polar surface area (TPSA) is 91.4 Å². The van der Waals surface area contributed by atoms with Crippen molar-refractivity contribution in [1.29, 1.82) is 10.5 Å². The lowest BCUT2D eigenvalue weighted by molar-refractivity contribution is -0.136. The van der Waals surface area contributed by atoms with E-state index in [0.29, 0.717) is 23.6 Å². The molecule has 1 aliphatic heterocycles. The lowest BCUT2D eigenvalue weighted by Crippen LogP contribution is -2.30. The summed E-state index contributed by atoms with van der Waals surface area (Å²) in [6.45, 7) is 16.6.